The van der Waals surface area contributed by atoms with E-state index in [1.165, 1.54) is 14.2 Å². The van der Waals surface area contributed by atoms with Crippen LogP contribution in [-0.4, -0.2) is 47.6 Å². The monoisotopic (exact) mass is 211 g/mol. The van der Waals surface area contributed by atoms with E-state index in [0.29, 0.717) is 6.54 Å². The maximum atomic E-state index is 11.2. The quantitative estimate of drug-likeness (QED) is 0.621. The van der Waals surface area contributed by atoms with Crippen LogP contribution >= 0.6 is 0 Å². The van der Waals surface area contributed by atoms with Crippen LogP contribution in [0.4, 0.5) is 0 Å². The van der Waals surface area contributed by atoms with Gasteiger partial charge in [0.05, 0.1) is 18.5 Å². The van der Waals surface area contributed by atoms with Crippen LogP contribution < -0.4 is 4.72 Å². The molecule has 1 atom stereocenters. The maximum absolute atomic E-state index is 11.2. The zero-order chi connectivity index (χ0) is 10.3. The highest BCUT2D eigenvalue weighted by Crippen LogP contribution is 1.89. The molecular weight excluding hydrogens is 194 g/mol. The van der Waals surface area contributed by atoms with Gasteiger partial charge in [0.15, 0.2) is 0 Å². The smallest absolute Gasteiger partial charge is 0.213 e. The highest BCUT2D eigenvalue weighted by molar-refractivity contribution is 7.89. The van der Waals surface area contributed by atoms with Crippen molar-refractivity contribution < 1.29 is 17.9 Å². The Hall–Kier alpha value is -0.170. The van der Waals surface area contributed by atoms with Crippen molar-refractivity contribution in [3.05, 3.63) is 0 Å². The van der Waals surface area contributed by atoms with Gasteiger partial charge in [-0.15, -0.1) is 0 Å². The lowest BCUT2D eigenvalue weighted by Gasteiger charge is -2.10. The lowest BCUT2D eigenvalue weighted by molar-refractivity contribution is 0.122. The minimum atomic E-state index is -3.20. The number of nitrogens with one attached hydrogen (secondary N) is 1. The summed E-state index contributed by atoms with van der Waals surface area (Å²) in [4.78, 5) is 0. The minimum absolute atomic E-state index is 0.0140. The van der Waals surface area contributed by atoms with Crippen molar-refractivity contribution in [2.24, 2.45) is 0 Å². The minimum Gasteiger partial charge on any atom is -0.384 e. The highest BCUT2D eigenvalue weighted by Gasteiger charge is 2.10. The van der Waals surface area contributed by atoms with Gasteiger partial charge in [0.2, 0.25) is 10.0 Å². The summed E-state index contributed by atoms with van der Waals surface area (Å²) in [6, 6.07) is 0. The van der Waals surface area contributed by atoms with Gasteiger partial charge in [-0.25, -0.2) is 13.1 Å². The van der Waals surface area contributed by atoms with Crippen LogP contribution in [0.5, 0.6) is 0 Å². The summed E-state index contributed by atoms with van der Waals surface area (Å²) in [5.74, 6) is -0.0140. The van der Waals surface area contributed by atoms with Gasteiger partial charge in [-0.2, -0.15) is 0 Å². The molecule has 0 aliphatic rings. The van der Waals surface area contributed by atoms with Gasteiger partial charge < -0.3 is 9.47 Å². The lowest BCUT2D eigenvalue weighted by atomic mass is 10.4. The SMILES string of the molecule is COCCS(=O)(=O)NCC(C)OC. The van der Waals surface area contributed by atoms with Crippen molar-refractivity contribution in [1.82, 2.24) is 4.72 Å². The summed E-state index contributed by atoms with van der Waals surface area (Å²) in [6.07, 6.45) is -0.114. The van der Waals surface area contributed by atoms with Gasteiger partial charge in [0.1, 0.15) is 0 Å². The topological polar surface area (TPSA) is 64.6 Å². The van der Waals surface area contributed by atoms with Crippen molar-refractivity contribution in [3.8, 4) is 0 Å². The van der Waals surface area contributed by atoms with Crippen LogP contribution in [0.15, 0.2) is 0 Å². The molecule has 5 nitrogen and oxygen atoms in total. The average molecular weight is 211 g/mol. The summed E-state index contributed by atoms with van der Waals surface area (Å²) in [6.45, 7) is 2.29. The van der Waals surface area contributed by atoms with E-state index >= 15 is 0 Å². The molecule has 0 fully saturated rings. The first-order valence-electron chi connectivity index (χ1n) is 4.01. The van der Waals surface area contributed by atoms with E-state index in [2.05, 4.69) is 9.46 Å². The number of sulfonamides is 1. The summed E-state index contributed by atoms with van der Waals surface area (Å²) >= 11 is 0. The predicted molar refractivity (Wildman–Crippen MR) is 50.1 cm³/mol. The predicted octanol–water partition coefficient (Wildman–Crippen LogP) is -0.413. The van der Waals surface area contributed by atoms with E-state index < -0.39 is 10.0 Å². The summed E-state index contributed by atoms with van der Waals surface area (Å²) in [5.41, 5.74) is 0. The molecule has 0 radical (unpaired) electrons. The molecule has 13 heavy (non-hydrogen) atoms. The zero-order valence-electron chi connectivity index (χ0n) is 8.24. The number of rotatable bonds is 7. The Bertz CT molecular complexity index is 215. The molecule has 0 heterocycles. The number of methoxy groups -OCH3 is 2. The molecule has 0 spiro atoms. The molecular formula is C7H17NO4S. The van der Waals surface area contributed by atoms with Gasteiger partial charge in [0, 0.05) is 20.8 Å². The van der Waals surface area contributed by atoms with Crippen LogP contribution in [0, 0.1) is 0 Å². The Morgan fingerprint density at radius 1 is 1.38 bits per heavy atom. The average Bonchev–Trinajstić information content (AvgIpc) is 2.11. The fraction of sp³-hybridized carbons (Fsp3) is 1.00. The second-order valence-electron chi connectivity index (χ2n) is 2.71. The van der Waals surface area contributed by atoms with Gasteiger partial charge in [0.25, 0.3) is 0 Å². The van der Waals surface area contributed by atoms with Crippen LogP contribution in [0.1, 0.15) is 6.92 Å². The molecule has 0 aliphatic heterocycles. The Labute approximate surface area is 79.5 Å². The molecule has 0 aromatic heterocycles. The molecule has 0 aliphatic carbocycles. The molecule has 0 amide bonds. The molecule has 80 valence electrons. The number of ether oxygens (including phenoxy) is 2. The van der Waals surface area contributed by atoms with E-state index in [9.17, 15) is 8.42 Å². The van der Waals surface area contributed by atoms with E-state index in [0.717, 1.165) is 0 Å². The molecule has 0 saturated carbocycles. The normalized spacial score (nSPS) is 14.4. The Kier molecular flexibility index (Phi) is 6.23. The largest absolute Gasteiger partial charge is 0.384 e. The standard InChI is InChI=1S/C7H17NO4S/c1-7(12-3)6-8-13(9,10)5-4-11-2/h7-8H,4-6H2,1-3H3. The molecule has 0 saturated heterocycles. The van der Waals surface area contributed by atoms with Gasteiger partial charge in [-0.3, -0.25) is 0 Å². The molecule has 6 heteroatoms. The fourth-order valence-electron chi connectivity index (χ4n) is 0.593. The van der Waals surface area contributed by atoms with Crippen molar-refractivity contribution in [3.63, 3.8) is 0 Å². The van der Waals surface area contributed by atoms with Crippen molar-refractivity contribution in [2.75, 3.05) is 33.1 Å². The maximum Gasteiger partial charge on any atom is 0.213 e. The van der Waals surface area contributed by atoms with Crippen LogP contribution in [-0.2, 0) is 19.5 Å². The van der Waals surface area contributed by atoms with Gasteiger partial charge in [-0.1, -0.05) is 0 Å². The zero-order valence-corrected chi connectivity index (χ0v) is 9.06. The number of hydrogen-bond acceptors (Lipinski definition) is 4. The van der Waals surface area contributed by atoms with Crippen molar-refractivity contribution >= 4 is 10.0 Å². The van der Waals surface area contributed by atoms with Crippen LogP contribution in [0.25, 0.3) is 0 Å². The summed E-state index contributed by atoms with van der Waals surface area (Å²) in [5, 5.41) is 0. The Morgan fingerprint density at radius 3 is 2.46 bits per heavy atom. The van der Waals surface area contributed by atoms with E-state index in [1.54, 1.807) is 6.92 Å². The number of hydrogen-bond donors (Lipinski definition) is 1. The van der Waals surface area contributed by atoms with Crippen LogP contribution in [0.3, 0.4) is 0 Å². The first kappa shape index (κ1) is 12.8. The van der Waals surface area contributed by atoms with E-state index in [1.807, 2.05) is 0 Å². The molecule has 0 rings (SSSR count). The highest BCUT2D eigenvalue weighted by atomic mass is 32.2. The van der Waals surface area contributed by atoms with Crippen molar-refractivity contribution in [1.29, 1.82) is 0 Å². The second-order valence-corrected chi connectivity index (χ2v) is 4.63. The summed E-state index contributed by atoms with van der Waals surface area (Å²) in [7, 11) is -0.202. The fourth-order valence-corrected chi connectivity index (χ4v) is 1.61. The third-order valence-electron chi connectivity index (χ3n) is 1.55. The first-order valence-corrected chi connectivity index (χ1v) is 5.66. The van der Waals surface area contributed by atoms with Crippen LogP contribution in [0.2, 0.25) is 0 Å². The molecule has 0 bridgehead atoms. The summed E-state index contributed by atoms with van der Waals surface area (Å²) < 4.78 is 34.3. The van der Waals surface area contributed by atoms with Crippen molar-refractivity contribution in [2.45, 2.75) is 13.0 Å². The molecule has 0 aromatic carbocycles. The lowest BCUT2D eigenvalue weighted by Crippen LogP contribution is -2.34. The second kappa shape index (κ2) is 6.31. The van der Waals surface area contributed by atoms with Gasteiger partial charge in [-0.05, 0) is 6.92 Å². The molecule has 1 N–H and O–H groups in total. The Morgan fingerprint density at radius 2 is 2.00 bits per heavy atom. The van der Waals surface area contributed by atoms with E-state index in [-0.39, 0.29) is 18.5 Å². The molecule has 1 unspecified atom stereocenters. The Balaban J connectivity index is 3.76. The third kappa shape index (κ3) is 6.94. The molecule has 0 aromatic rings. The van der Waals surface area contributed by atoms with E-state index in [4.69, 9.17) is 4.74 Å². The van der Waals surface area contributed by atoms with Gasteiger partial charge >= 0.3 is 0 Å². The first-order chi connectivity index (χ1) is 6.02. The third-order valence-corrected chi connectivity index (χ3v) is 2.86.